The van der Waals surface area contributed by atoms with Crippen molar-refractivity contribution in [3.8, 4) is 22.5 Å². The average molecular weight is 645 g/mol. The molecule has 206 valence electrons. The molecule has 0 bridgehead atoms. The Morgan fingerprint density at radius 1 is 0.975 bits per heavy atom. The van der Waals surface area contributed by atoms with Crippen molar-refractivity contribution in [2.75, 3.05) is 5.32 Å². The summed E-state index contributed by atoms with van der Waals surface area (Å²) in [5.74, 6) is -0.309. The van der Waals surface area contributed by atoms with E-state index in [9.17, 15) is 14.7 Å². The van der Waals surface area contributed by atoms with Gasteiger partial charge in [-0.2, -0.15) is 0 Å². The Bertz CT molecular complexity index is 1550. The molecule has 40 heavy (non-hydrogen) atoms. The number of rotatable bonds is 8. The number of aliphatic carboxylic acids is 1. The molecule has 0 aliphatic heterocycles. The molecule has 1 aliphatic rings. The van der Waals surface area contributed by atoms with Crippen LogP contribution in [0.15, 0.2) is 77.3 Å². The number of aryl methyl sites for hydroxylation is 1. The fourth-order valence-electron chi connectivity index (χ4n) is 4.88. The number of anilines is 1. The first kappa shape index (κ1) is 28.0. The van der Waals surface area contributed by atoms with Crippen LogP contribution < -0.4 is 8.90 Å². The topological polar surface area (TPSA) is 102 Å². The minimum absolute atomic E-state index is 0.409. The van der Waals surface area contributed by atoms with Gasteiger partial charge in [0, 0.05) is 0 Å². The summed E-state index contributed by atoms with van der Waals surface area (Å²) in [7, 11) is 0. The van der Waals surface area contributed by atoms with Gasteiger partial charge in [0.2, 0.25) is 0 Å². The molecule has 1 unspecified atom stereocenters. The summed E-state index contributed by atoms with van der Waals surface area (Å²) >= 11 is -2.25. The average Bonchev–Trinajstić information content (AvgIpc) is 3.68. The van der Waals surface area contributed by atoms with Crippen LogP contribution in [0.4, 0.5) is 10.5 Å². The summed E-state index contributed by atoms with van der Waals surface area (Å²) in [5.41, 5.74) is 4.86. The third-order valence-corrected chi connectivity index (χ3v) is 13.5. The number of nitrogens with zero attached hydrogens (tertiary/aromatic N) is 1. The maximum absolute atomic E-state index is 12.9. The second-order valence-corrected chi connectivity index (χ2v) is 26.1. The minimum atomic E-state index is -2.25. The van der Waals surface area contributed by atoms with Gasteiger partial charge in [0.1, 0.15) is 0 Å². The quantitative estimate of drug-likeness (QED) is 0.195. The van der Waals surface area contributed by atoms with Gasteiger partial charge in [-0.05, 0) is 29.5 Å². The van der Waals surface area contributed by atoms with Crippen LogP contribution in [0.25, 0.3) is 22.5 Å². The molecule has 3 aromatic carbocycles. The predicted molar refractivity (Wildman–Crippen MR) is 159 cm³/mol. The van der Waals surface area contributed by atoms with Crippen molar-refractivity contribution >= 4 is 39.7 Å². The Labute approximate surface area is 238 Å². The van der Waals surface area contributed by atoms with Gasteiger partial charge in [0.05, 0.1) is 5.41 Å². The van der Waals surface area contributed by atoms with Crippen LogP contribution in [0.2, 0.25) is 14.8 Å². The van der Waals surface area contributed by atoms with Crippen molar-refractivity contribution in [3.05, 3.63) is 89.6 Å². The standard InChI is InChI=1S/C29H25N2O5.3CH3.Sn/c1-18-25(30-28(34)35-19(2)20-6-4-3-5-7-20)26(36-31-18)23-10-8-21(9-11-23)22-12-14-24(15-13-22)29(16-17-29)27(32)33;;;;/h3-4,6-15,19H,16-17H2,1-2H3,(H,30,34)(H,32,33);3*1H3;. The molecule has 8 heteroatoms. The Kier molecular flexibility index (Phi) is 7.52. The number of carboxylic acid groups (broad SMARTS) is 1. The normalized spacial score (nSPS) is 14.8. The third kappa shape index (κ3) is 5.66. The van der Waals surface area contributed by atoms with E-state index in [0.717, 1.165) is 27.8 Å². The van der Waals surface area contributed by atoms with E-state index in [1.54, 1.807) is 6.92 Å². The monoisotopic (exact) mass is 646 g/mol. The van der Waals surface area contributed by atoms with Gasteiger partial charge >= 0.3 is 170 Å². The fourth-order valence-corrected chi connectivity index (χ4v) is 8.29. The molecule has 7 nitrogen and oxygen atoms in total. The first-order chi connectivity index (χ1) is 19.0. The molecule has 1 heterocycles. The van der Waals surface area contributed by atoms with E-state index in [-0.39, 0.29) is 0 Å². The zero-order valence-electron chi connectivity index (χ0n) is 23.4. The van der Waals surface area contributed by atoms with Crippen molar-refractivity contribution < 1.29 is 24.0 Å². The Hall–Kier alpha value is -3.59. The number of amides is 1. The Morgan fingerprint density at radius 3 is 2.15 bits per heavy atom. The number of hydrogen-bond donors (Lipinski definition) is 2. The molecule has 0 radical (unpaired) electrons. The molecule has 1 atom stereocenters. The number of nitrogens with one attached hydrogen (secondary N) is 1. The SMILES string of the molecule is Cc1noc(-c2ccc(-c3ccc(C4(C(=O)O)CC4)cc3)cc2)c1NC(=O)OC(C)c1ccc[c]([Sn]([CH3])([CH3])[CH3])c1. The molecular weight excluding hydrogens is 611 g/mol. The molecular formula is C32H34N2O5Sn. The molecule has 4 aromatic rings. The molecule has 1 saturated carbocycles. The van der Waals surface area contributed by atoms with Crippen molar-refractivity contribution in [3.63, 3.8) is 0 Å². The van der Waals surface area contributed by atoms with Crippen molar-refractivity contribution in [1.82, 2.24) is 5.16 Å². The van der Waals surface area contributed by atoms with Gasteiger partial charge in [-0.25, -0.2) is 0 Å². The Balaban J connectivity index is 1.29. The molecule has 0 spiro atoms. The van der Waals surface area contributed by atoms with Crippen LogP contribution in [0.3, 0.4) is 0 Å². The van der Waals surface area contributed by atoms with Crippen LogP contribution in [0.5, 0.6) is 0 Å². The van der Waals surface area contributed by atoms with E-state index in [1.807, 2.05) is 67.6 Å². The first-order valence-corrected chi connectivity index (χ1v) is 23.5. The summed E-state index contributed by atoms with van der Waals surface area (Å²) in [6.45, 7) is 3.64. The molecule has 5 rings (SSSR count). The van der Waals surface area contributed by atoms with Gasteiger partial charge in [-0.15, -0.1) is 0 Å². The summed E-state index contributed by atoms with van der Waals surface area (Å²) in [4.78, 5) is 31.6. The van der Waals surface area contributed by atoms with Crippen molar-refractivity contribution in [2.45, 2.75) is 53.0 Å². The van der Waals surface area contributed by atoms with E-state index in [0.29, 0.717) is 30.0 Å². The van der Waals surface area contributed by atoms with Crippen molar-refractivity contribution in [2.24, 2.45) is 0 Å². The van der Waals surface area contributed by atoms with Crippen LogP contribution in [0.1, 0.15) is 42.7 Å². The van der Waals surface area contributed by atoms with Crippen LogP contribution in [0, 0.1) is 6.92 Å². The second kappa shape index (κ2) is 10.8. The molecule has 1 aliphatic carbocycles. The number of carbonyl (C=O) groups excluding carboxylic acids is 1. The summed E-state index contributed by atoms with van der Waals surface area (Å²) < 4.78 is 12.7. The second-order valence-electron chi connectivity index (χ2n) is 11.6. The molecule has 0 saturated heterocycles. The number of carbonyl (C=O) groups is 2. The van der Waals surface area contributed by atoms with E-state index >= 15 is 0 Å². The van der Waals surface area contributed by atoms with E-state index in [2.05, 4.69) is 37.4 Å². The van der Waals surface area contributed by atoms with Gasteiger partial charge in [-0.1, -0.05) is 24.3 Å². The summed E-state index contributed by atoms with van der Waals surface area (Å²) in [6, 6.07) is 23.8. The van der Waals surface area contributed by atoms with E-state index in [1.165, 1.54) is 3.58 Å². The number of ether oxygens (including phenoxy) is 1. The first-order valence-electron chi connectivity index (χ1n) is 13.5. The third-order valence-electron chi connectivity index (χ3n) is 7.67. The zero-order chi connectivity index (χ0) is 28.7. The molecule has 1 amide bonds. The molecule has 1 fully saturated rings. The van der Waals surface area contributed by atoms with Gasteiger partial charge in [0.15, 0.2) is 0 Å². The van der Waals surface area contributed by atoms with Crippen molar-refractivity contribution in [1.29, 1.82) is 0 Å². The van der Waals surface area contributed by atoms with Gasteiger partial charge < -0.3 is 5.11 Å². The fraction of sp³-hybridized carbons (Fsp3) is 0.281. The van der Waals surface area contributed by atoms with E-state index < -0.39 is 42.0 Å². The van der Waals surface area contributed by atoms with Crippen LogP contribution in [-0.4, -0.2) is 40.7 Å². The molecule has 2 N–H and O–H groups in total. The zero-order valence-corrected chi connectivity index (χ0v) is 26.3. The number of benzene rings is 3. The van der Waals surface area contributed by atoms with Crippen LogP contribution in [-0.2, 0) is 14.9 Å². The van der Waals surface area contributed by atoms with E-state index in [4.69, 9.17) is 9.26 Å². The maximum atomic E-state index is 12.9. The molecule has 1 aromatic heterocycles. The Morgan fingerprint density at radius 2 is 1.57 bits per heavy atom. The van der Waals surface area contributed by atoms with Gasteiger partial charge in [0.25, 0.3) is 0 Å². The summed E-state index contributed by atoms with van der Waals surface area (Å²) in [5, 5.41) is 16.4. The van der Waals surface area contributed by atoms with Crippen LogP contribution >= 0.6 is 0 Å². The summed E-state index contributed by atoms with van der Waals surface area (Å²) in [6.07, 6.45) is 0.384. The number of hydrogen-bond acceptors (Lipinski definition) is 5. The number of carboxylic acids is 1. The van der Waals surface area contributed by atoms with Gasteiger partial charge in [-0.3, -0.25) is 4.79 Å². The number of aromatic nitrogens is 1. The predicted octanol–water partition coefficient (Wildman–Crippen LogP) is 7.29.